The van der Waals surface area contributed by atoms with Crippen LogP contribution in [-0.2, 0) is 0 Å². The topological polar surface area (TPSA) is 223 Å². The lowest BCUT2D eigenvalue weighted by atomic mass is 9.45. The summed E-state index contributed by atoms with van der Waals surface area (Å²) in [6.45, 7) is 17.8. The van der Waals surface area contributed by atoms with Gasteiger partial charge < -0.3 is 56.2 Å². The lowest BCUT2D eigenvalue weighted by molar-refractivity contribution is -0.245. The lowest BCUT2D eigenvalue weighted by Crippen LogP contribution is -2.65. The Bertz CT molecular complexity index is 2610. The third-order valence-electron chi connectivity index (χ3n) is 36.0. The van der Waals surface area contributed by atoms with Crippen LogP contribution in [0.25, 0.3) is 0 Å². The summed E-state index contributed by atoms with van der Waals surface area (Å²) in [6.07, 6.45) is 59.5. The second kappa shape index (κ2) is 31.1. The lowest BCUT2D eigenvalue weighted by Gasteiger charge is -2.63. The van der Waals surface area contributed by atoms with Crippen LogP contribution in [0.3, 0.4) is 0 Å². The van der Waals surface area contributed by atoms with Crippen molar-refractivity contribution in [1.29, 1.82) is 0 Å². The van der Waals surface area contributed by atoms with Crippen molar-refractivity contribution in [3.05, 3.63) is 0 Å². The maximum atomic E-state index is 10.5. The minimum Gasteiger partial charge on any atom is -0.393 e. The third-order valence-corrected chi connectivity index (χ3v) is 36.0. The first kappa shape index (κ1) is 80.2. The van der Waals surface area contributed by atoms with Gasteiger partial charge in [0, 0.05) is 0 Å². The molecule has 0 radical (unpaired) electrons. The van der Waals surface area contributed by atoms with Gasteiger partial charge in [0.1, 0.15) is 0 Å². The molecule has 104 heavy (non-hydrogen) atoms. The van der Waals surface area contributed by atoms with E-state index in [1.165, 1.54) is 205 Å². The molecule has 26 fully saturated rings. The average molecular weight is 1450 g/mol. The van der Waals surface area contributed by atoms with E-state index in [9.17, 15) is 56.2 Å². The zero-order valence-corrected chi connectivity index (χ0v) is 67.7. The van der Waals surface area contributed by atoms with Gasteiger partial charge in [0.05, 0.1) is 64.6 Å². The molecule has 26 rings (SSSR count). The Morgan fingerprint density at radius 3 is 0.846 bits per heavy atom. The van der Waals surface area contributed by atoms with Gasteiger partial charge in [-0.15, -0.1) is 0 Å². The number of hydrogen-bond acceptors (Lipinski definition) is 11. The maximum Gasteiger partial charge on any atom is 0.0916 e. The molecule has 0 aliphatic heterocycles. The minimum absolute atomic E-state index is 0.0266. The van der Waals surface area contributed by atoms with Crippen molar-refractivity contribution < 1.29 is 56.2 Å². The molecule has 0 aromatic rings. The first-order valence-electron chi connectivity index (χ1n) is 46.1. The van der Waals surface area contributed by atoms with E-state index in [-0.39, 0.29) is 45.8 Å². The molecule has 11 heteroatoms. The van der Waals surface area contributed by atoms with Crippen LogP contribution in [0.5, 0.6) is 0 Å². The van der Waals surface area contributed by atoms with Gasteiger partial charge in [-0.05, 0) is 409 Å². The molecule has 11 nitrogen and oxygen atoms in total. The third kappa shape index (κ3) is 15.7. The van der Waals surface area contributed by atoms with Crippen molar-refractivity contribution in [1.82, 2.24) is 0 Å². The number of aliphatic hydroxyl groups is 11. The molecule has 26 saturated carbocycles. The highest BCUT2D eigenvalue weighted by Crippen LogP contribution is 2.68. The summed E-state index contributed by atoms with van der Waals surface area (Å²) in [7, 11) is 0. The SMILES string of the molecule is CC12CC3CC(C1)CC(O)(C3)C2O.CCC1C2CCC(C2)C1O.CCCC12CC3CC(CC(O)(C3)C1)C2.CCCC12CC3CC(CC(O)(C3)C1)C2.CCCC12CC3CC(CC(O)(C3)C1O)C2.CCCC12CC3CC(CC(O)(C3)C1O)C2.CCCC1C2CCC(C2)C1O.CCCCC1C2CCC(C2)C1O. The van der Waals surface area contributed by atoms with Crippen LogP contribution in [0, 0.1) is 140 Å². The molecular formula is C93H160O11. The number of unbranched alkanes of at least 4 members (excludes halogenated alkanes) is 1. The zero-order chi connectivity index (χ0) is 73.8. The number of aliphatic hydroxyl groups excluding tert-OH is 6. The second-order valence-electron chi connectivity index (χ2n) is 44.4. The normalized spacial score (nSPS) is 54.9. The van der Waals surface area contributed by atoms with E-state index >= 15 is 0 Å². The van der Waals surface area contributed by atoms with Crippen LogP contribution in [0.15, 0.2) is 0 Å². The summed E-state index contributed by atoms with van der Waals surface area (Å²) in [4.78, 5) is 0. The zero-order valence-electron chi connectivity index (χ0n) is 67.7. The van der Waals surface area contributed by atoms with Crippen LogP contribution in [0.1, 0.15) is 376 Å². The van der Waals surface area contributed by atoms with E-state index in [0.29, 0.717) is 81.8 Å². The molecule has 598 valence electrons. The highest BCUT2D eigenvalue weighted by molar-refractivity contribution is 5.17. The summed E-state index contributed by atoms with van der Waals surface area (Å²) in [6, 6.07) is 0. The molecule has 25 atom stereocenters. The highest BCUT2D eigenvalue weighted by Gasteiger charge is 2.66. The minimum atomic E-state index is -0.723. The van der Waals surface area contributed by atoms with Gasteiger partial charge in [-0.3, -0.25) is 0 Å². The molecular weight excluding hydrogens is 1290 g/mol. The second-order valence-corrected chi connectivity index (χ2v) is 44.4. The number of hydrogen-bond donors (Lipinski definition) is 11. The predicted octanol–water partition coefficient (Wildman–Crippen LogP) is 18.3. The van der Waals surface area contributed by atoms with Crippen LogP contribution in [-0.4, -0.2) is 121 Å². The van der Waals surface area contributed by atoms with E-state index in [2.05, 4.69) is 55.4 Å². The molecule has 26 aliphatic carbocycles. The molecule has 0 aromatic heterocycles. The van der Waals surface area contributed by atoms with E-state index in [0.717, 1.165) is 157 Å². The van der Waals surface area contributed by atoms with Crippen LogP contribution < -0.4 is 0 Å². The van der Waals surface area contributed by atoms with Crippen molar-refractivity contribution in [2.45, 2.75) is 441 Å². The van der Waals surface area contributed by atoms with E-state index < -0.39 is 35.1 Å². The van der Waals surface area contributed by atoms with Gasteiger partial charge in [-0.1, -0.05) is 107 Å². The van der Waals surface area contributed by atoms with Crippen LogP contribution in [0.2, 0.25) is 0 Å². The van der Waals surface area contributed by atoms with Crippen molar-refractivity contribution in [3.63, 3.8) is 0 Å². The fraction of sp³-hybridized carbons (Fsp3) is 1.00. The summed E-state index contributed by atoms with van der Waals surface area (Å²) in [5, 5.41) is 113. The summed E-state index contributed by atoms with van der Waals surface area (Å²) in [5.41, 5.74) is -1.34. The van der Waals surface area contributed by atoms with Gasteiger partial charge >= 0.3 is 0 Å². The van der Waals surface area contributed by atoms with Crippen molar-refractivity contribution in [2.24, 2.45) is 140 Å². The van der Waals surface area contributed by atoms with Crippen LogP contribution >= 0.6 is 0 Å². The number of fused-ring (bicyclic) bond motifs is 6. The quantitative estimate of drug-likeness (QED) is 0.0785. The largest absolute Gasteiger partial charge is 0.393 e. The summed E-state index contributed by atoms with van der Waals surface area (Å²) < 4.78 is 0. The first-order valence-corrected chi connectivity index (χ1v) is 46.1. The summed E-state index contributed by atoms with van der Waals surface area (Å²) in [5.74, 6) is 14.3. The first-order chi connectivity index (χ1) is 49.4. The molecule has 0 amide bonds. The Hall–Kier alpha value is -0.440. The Labute approximate surface area is 633 Å². The van der Waals surface area contributed by atoms with E-state index in [1.807, 2.05) is 0 Å². The molecule has 0 aromatic carbocycles. The molecule has 0 heterocycles. The van der Waals surface area contributed by atoms with Crippen molar-refractivity contribution in [3.8, 4) is 0 Å². The van der Waals surface area contributed by atoms with E-state index in [1.54, 1.807) is 0 Å². The maximum absolute atomic E-state index is 10.5. The van der Waals surface area contributed by atoms with Gasteiger partial charge in [0.2, 0.25) is 0 Å². The average Bonchev–Trinajstić information content (AvgIpc) is 0.741. The Morgan fingerprint density at radius 1 is 0.279 bits per heavy atom. The monoisotopic (exact) mass is 1450 g/mol. The predicted molar refractivity (Wildman–Crippen MR) is 416 cm³/mol. The molecule has 0 saturated heterocycles. The molecule has 25 unspecified atom stereocenters. The molecule has 26 bridgehead atoms. The van der Waals surface area contributed by atoms with Crippen molar-refractivity contribution in [2.75, 3.05) is 0 Å². The fourth-order valence-corrected chi connectivity index (χ4v) is 34.5. The Morgan fingerprint density at radius 2 is 0.577 bits per heavy atom. The van der Waals surface area contributed by atoms with Crippen molar-refractivity contribution >= 4 is 0 Å². The highest BCUT2D eigenvalue weighted by atomic mass is 16.4. The molecule has 0 spiro atoms. The van der Waals surface area contributed by atoms with Gasteiger partial charge in [-0.25, -0.2) is 0 Å². The Kier molecular flexibility index (Phi) is 23.9. The molecule has 26 aliphatic rings. The number of rotatable bonds is 14. The molecule has 11 N–H and O–H groups in total. The van der Waals surface area contributed by atoms with Gasteiger partial charge in [0.15, 0.2) is 0 Å². The van der Waals surface area contributed by atoms with Gasteiger partial charge in [-0.2, -0.15) is 0 Å². The summed E-state index contributed by atoms with van der Waals surface area (Å²) >= 11 is 0. The van der Waals surface area contributed by atoms with Gasteiger partial charge in [0.25, 0.3) is 0 Å². The van der Waals surface area contributed by atoms with E-state index in [4.69, 9.17) is 0 Å². The standard InChI is InChI=1S/2C13H22O2.2C13H22O.C11H18O2.C11H20O.C10H18O.C9H16O/c2*1-2-3-12-5-9-4-10(6-12)8-13(15,7-9)11(12)14;2*1-2-3-12-5-10-4-11(6-12)8-13(14,7-10)9-12;1-10-3-7-2-8(4-10)6-11(13,5-7)9(10)12;1-2-3-4-10-8-5-6-9(7-8)11(10)12;1-2-3-9-7-4-5-8(6-7)10(9)11;1-2-8-6-3-4-7(5-6)9(8)10/h2*9-11,14-15H,2-8H2,1H3;2*10-11,14H,2-9H2,1H3;7-9,12-13H,2-6H2,1H3;8-12H,2-7H2,1H3;7-11H,2-6H2,1H3;6-10H,2-5H2,1H3. The van der Waals surface area contributed by atoms with Crippen LogP contribution in [0.4, 0.5) is 0 Å². The fourth-order valence-electron chi connectivity index (χ4n) is 34.5. The Balaban J connectivity index is 0.000000101. The smallest absolute Gasteiger partial charge is 0.0916 e.